The van der Waals surface area contributed by atoms with E-state index in [0.29, 0.717) is 18.7 Å². The summed E-state index contributed by atoms with van der Waals surface area (Å²) in [5, 5.41) is 0. The van der Waals surface area contributed by atoms with E-state index in [9.17, 15) is 13.6 Å². The Bertz CT molecular complexity index is 1250. The zero-order chi connectivity index (χ0) is 26.5. The van der Waals surface area contributed by atoms with Crippen molar-refractivity contribution in [1.29, 1.82) is 0 Å². The van der Waals surface area contributed by atoms with Crippen LogP contribution in [0.1, 0.15) is 18.4 Å². The highest BCUT2D eigenvalue weighted by Crippen LogP contribution is 2.36. The molecule has 0 N–H and O–H groups in total. The summed E-state index contributed by atoms with van der Waals surface area (Å²) in [7, 11) is 1.63. The first-order valence-electron chi connectivity index (χ1n) is 13.0. The number of piperidine rings is 3. The van der Waals surface area contributed by atoms with Crippen LogP contribution in [0, 0.1) is 17.6 Å². The van der Waals surface area contributed by atoms with Crippen LogP contribution in [0.2, 0.25) is 0 Å². The Morgan fingerprint density at radius 2 is 1.71 bits per heavy atom. The summed E-state index contributed by atoms with van der Waals surface area (Å²) in [6.07, 6.45) is 1.08. The Kier molecular flexibility index (Phi) is 7.79. The van der Waals surface area contributed by atoms with E-state index in [2.05, 4.69) is 0 Å². The van der Waals surface area contributed by atoms with Gasteiger partial charge in [-0.15, -0.1) is 0 Å². The summed E-state index contributed by atoms with van der Waals surface area (Å²) >= 11 is 0. The fourth-order valence-electron chi connectivity index (χ4n) is 5.60. The number of carbonyl (C=O) groups is 1. The molecule has 3 aromatic carbocycles. The number of para-hydroxylation sites is 1. The van der Waals surface area contributed by atoms with Crippen LogP contribution in [-0.2, 0) is 11.3 Å². The van der Waals surface area contributed by atoms with E-state index >= 15 is 0 Å². The highest BCUT2D eigenvalue weighted by molar-refractivity contribution is 5.87. The maximum absolute atomic E-state index is 14.7. The molecule has 0 radical (unpaired) electrons. The third-order valence-corrected chi connectivity index (χ3v) is 7.79. The topological polar surface area (TPSA) is 48.0 Å². The molecule has 200 valence electrons. The van der Waals surface area contributed by atoms with Gasteiger partial charge in [-0.3, -0.25) is 4.90 Å². The molecule has 2 bridgehead atoms. The van der Waals surface area contributed by atoms with Gasteiger partial charge in [-0.2, -0.15) is 0 Å². The second kappa shape index (κ2) is 11.4. The molecule has 0 aliphatic carbocycles. The molecule has 1 amide bonds. The molecule has 0 spiro atoms. The standard InChI is InChI=1S/C30H33F2N2O4/c1-36-25-5-4-6-26(19-25)37-18-17-34-15-13-23(14-16-34)29(21-34)38-30(35)33(28-8-3-2-7-27(28)32)20-22-9-11-24(31)12-10-22/h2-12,19,23,29H,13-18,20-21H2,1H3/q+1/t23?,29-,34?/m0/s1. The Balaban J connectivity index is 1.26. The van der Waals surface area contributed by atoms with Crippen molar-refractivity contribution in [2.75, 3.05) is 44.8 Å². The molecule has 6 rings (SSSR count). The molecule has 3 saturated heterocycles. The smallest absolute Gasteiger partial charge is 0.415 e. The second-order valence-electron chi connectivity index (χ2n) is 10.1. The van der Waals surface area contributed by atoms with E-state index < -0.39 is 11.9 Å². The first kappa shape index (κ1) is 26.0. The minimum absolute atomic E-state index is 0.0752. The van der Waals surface area contributed by atoms with E-state index in [1.807, 2.05) is 24.3 Å². The van der Waals surface area contributed by atoms with Crippen LogP contribution in [0.3, 0.4) is 0 Å². The van der Waals surface area contributed by atoms with Crippen molar-refractivity contribution in [2.45, 2.75) is 25.5 Å². The molecule has 8 heteroatoms. The minimum atomic E-state index is -0.594. The lowest BCUT2D eigenvalue weighted by atomic mass is 9.83. The van der Waals surface area contributed by atoms with E-state index in [1.54, 1.807) is 37.4 Å². The molecule has 3 heterocycles. The van der Waals surface area contributed by atoms with Crippen LogP contribution in [0.15, 0.2) is 72.8 Å². The first-order valence-corrected chi connectivity index (χ1v) is 13.0. The Morgan fingerprint density at radius 1 is 0.974 bits per heavy atom. The summed E-state index contributed by atoms with van der Waals surface area (Å²) in [6.45, 7) is 4.18. The molecular weight excluding hydrogens is 490 g/mol. The van der Waals surface area contributed by atoms with Gasteiger partial charge in [0, 0.05) is 24.8 Å². The summed E-state index contributed by atoms with van der Waals surface area (Å²) in [5.74, 6) is 0.912. The van der Waals surface area contributed by atoms with Crippen molar-refractivity contribution in [1.82, 2.24) is 0 Å². The predicted molar refractivity (Wildman–Crippen MR) is 140 cm³/mol. The van der Waals surface area contributed by atoms with Crippen LogP contribution in [-0.4, -0.2) is 56.6 Å². The van der Waals surface area contributed by atoms with Gasteiger partial charge in [0.05, 0.1) is 32.4 Å². The van der Waals surface area contributed by atoms with Crippen molar-refractivity contribution in [3.05, 3.63) is 90.0 Å². The van der Waals surface area contributed by atoms with Gasteiger partial charge in [0.25, 0.3) is 0 Å². The average molecular weight is 524 g/mol. The second-order valence-corrected chi connectivity index (χ2v) is 10.1. The lowest BCUT2D eigenvalue weighted by Gasteiger charge is -2.52. The molecule has 0 saturated carbocycles. The summed E-state index contributed by atoms with van der Waals surface area (Å²) in [4.78, 5) is 14.8. The van der Waals surface area contributed by atoms with Crippen LogP contribution < -0.4 is 14.4 Å². The van der Waals surface area contributed by atoms with Gasteiger partial charge in [-0.25, -0.2) is 13.6 Å². The van der Waals surface area contributed by atoms with Gasteiger partial charge < -0.3 is 18.7 Å². The number of hydrogen-bond acceptors (Lipinski definition) is 4. The highest BCUT2D eigenvalue weighted by Gasteiger charge is 2.48. The van der Waals surface area contributed by atoms with Gasteiger partial charge in [0.2, 0.25) is 0 Å². The molecule has 1 atom stereocenters. The van der Waals surface area contributed by atoms with Crippen molar-refractivity contribution in [2.24, 2.45) is 5.92 Å². The Morgan fingerprint density at radius 3 is 2.45 bits per heavy atom. The maximum atomic E-state index is 14.7. The van der Waals surface area contributed by atoms with Crippen LogP contribution in [0.25, 0.3) is 0 Å². The molecule has 0 unspecified atom stereocenters. The summed E-state index contributed by atoms with van der Waals surface area (Å²) < 4.78 is 46.4. The summed E-state index contributed by atoms with van der Waals surface area (Å²) in [6, 6.07) is 19.5. The zero-order valence-electron chi connectivity index (χ0n) is 21.5. The number of amides is 1. The van der Waals surface area contributed by atoms with Crippen molar-refractivity contribution in [3.8, 4) is 11.5 Å². The zero-order valence-corrected chi connectivity index (χ0v) is 21.5. The molecular formula is C30H33F2N2O4+. The molecule has 0 aromatic heterocycles. The van der Waals surface area contributed by atoms with Gasteiger partial charge in [-0.05, 0) is 42.0 Å². The number of hydrogen-bond donors (Lipinski definition) is 0. The number of fused-ring (bicyclic) bond motifs is 3. The van der Waals surface area contributed by atoms with E-state index in [1.165, 1.54) is 23.1 Å². The normalized spacial score (nSPS) is 22.1. The number of rotatable bonds is 9. The molecule has 6 nitrogen and oxygen atoms in total. The summed E-state index contributed by atoms with van der Waals surface area (Å²) in [5.41, 5.74) is 0.817. The SMILES string of the molecule is COc1cccc(OCC[N+]23CCC(CC2)[C@@H](OC(=O)N(Cc2ccc(F)cc2)c2ccccc2F)C3)c1. The lowest BCUT2D eigenvalue weighted by molar-refractivity contribution is -0.946. The number of carbonyl (C=O) groups excluding carboxylic acids is 1. The average Bonchev–Trinajstić information content (AvgIpc) is 2.94. The highest BCUT2D eigenvalue weighted by atomic mass is 19.1. The van der Waals surface area contributed by atoms with Crippen LogP contribution in [0.4, 0.5) is 19.3 Å². The lowest BCUT2D eigenvalue weighted by Crippen LogP contribution is -2.65. The van der Waals surface area contributed by atoms with Crippen molar-refractivity contribution < 1.29 is 32.3 Å². The maximum Gasteiger partial charge on any atom is 0.415 e. The number of anilines is 1. The van der Waals surface area contributed by atoms with Crippen LogP contribution in [0.5, 0.6) is 11.5 Å². The quantitative estimate of drug-likeness (QED) is 0.333. The molecule has 38 heavy (non-hydrogen) atoms. The van der Waals surface area contributed by atoms with Gasteiger partial charge in [0.15, 0.2) is 6.10 Å². The van der Waals surface area contributed by atoms with Gasteiger partial charge >= 0.3 is 6.09 Å². The third kappa shape index (κ3) is 5.91. The predicted octanol–water partition coefficient (Wildman–Crippen LogP) is 5.80. The molecule has 3 fully saturated rings. The molecule has 3 aromatic rings. The molecule has 3 aliphatic rings. The largest absolute Gasteiger partial charge is 0.497 e. The number of methoxy groups -OCH3 is 1. The van der Waals surface area contributed by atoms with E-state index in [0.717, 1.165) is 48.5 Å². The number of nitrogens with zero attached hydrogens (tertiary/aromatic N) is 2. The minimum Gasteiger partial charge on any atom is -0.497 e. The number of ether oxygens (including phenoxy) is 3. The van der Waals surface area contributed by atoms with Crippen molar-refractivity contribution >= 4 is 11.8 Å². The fourth-order valence-corrected chi connectivity index (χ4v) is 5.60. The van der Waals surface area contributed by atoms with E-state index in [-0.39, 0.29) is 30.1 Å². The third-order valence-electron chi connectivity index (χ3n) is 7.79. The van der Waals surface area contributed by atoms with Gasteiger partial charge in [-0.1, -0.05) is 30.3 Å². The fraction of sp³-hybridized carbons (Fsp3) is 0.367. The van der Waals surface area contributed by atoms with Gasteiger partial charge in [0.1, 0.15) is 42.8 Å². The monoisotopic (exact) mass is 523 g/mol. The van der Waals surface area contributed by atoms with Crippen molar-refractivity contribution in [3.63, 3.8) is 0 Å². The van der Waals surface area contributed by atoms with E-state index in [4.69, 9.17) is 14.2 Å². The van der Waals surface area contributed by atoms with Crippen LogP contribution >= 0.6 is 0 Å². The number of quaternary nitrogens is 1. The number of benzene rings is 3. The Hall–Kier alpha value is -3.65. The Labute approximate surface area is 221 Å². The molecule has 3 aliphatic heterocycles. The first-order chi connectivity index (χ1) is 18.4. The number of halogens is 2.